The maximum absolute atomic E-state index is 13.0. The molecule has 8 heteroatoms. The molecule has 162 valence electrons. The Hall–Kier alpha value is -2.55. The van der Waals surface area contributed by atoms with Crippen molar-refractivity contribution in [1.82, 2.24) is 14.8 Å². The van der Waals surface area contributed by atoms with Gasteiger partial charge in [0.2, 0.25) is 0 Å². The second-order valence-corrected chi connectivity index (χ2v) is 8.50. The number of ketones is 1. The van der Waals surface area contributed by atoms with E-state index in [4.69, 9.17) is 4.74 Å². The summed E-state index contributed by atoms with van der Waals surface area (Å²) in [6.45, 7) is 4.43. The molecule has 2 fully saturated rings. The molecule has 2 aliphatic heterocycles. The first kappa shape index (κ1) is 21.7. The summed E-state index contributed by atoms with van der Waals surface area (Å²) in [6.07, 6.45) is 3.82. The van der Waals surface area contributed by atoms with E-state index in [0.717, 1.165) is 49.3 Å². The quantitative estimate of drug-likeness (QED) is 0.384. The first-order chi connectivity index (χ1) is 15.1. The first-order valence-corrected chi connectivity index (χ1v) is 11.1. The molecule has 1 amide bonds. The highest BCUT2D eigenvalue weighted by molar-refractivity contribution is 9.10. The molecule has 0 saturated carbocycles. The number of hydrogen-bond donors (Lipinski definition) is 1. The lowest BCUT2D eigenvalue weighted by molar-refractivity contribution is -0.140. The smallest absolute Gasteiger partial charge is 0.295 e. The van der Waals surface area contributed by atoms with E-state index in [2.05, 4.69) is 25.8 Å². The van der Waals surface area contributed by atoms with Crippen LogP contribution in [0.4, 0.5) is 0 Å². The summed E-state index contributed by atoms with van der Waals surface area (Å²) in [5.41, 5.74) is 1.36. The molecule has 1 N–H and O–H groups in total. The van der Waals surface area contributed by atoms with E-state index in [0.29, 0.717) is 12.1 Å². The number of Topliss-reactive ketones (excluding diaryl/α,β-unsaturated/α-hetero) is 1. The van der Waals surface area contributed by atoms with Gasteiger partial charge in [0.1, 0.15) is 5.76 Å². The van der Waals surface area contributed by atoms with Crippen LogP contribution in [0.2, 0.25) is 0 Å². The van der Waals surface area contributed by atoms with Gasteiger partial charge in [0, 0.05) is 48.6 Å². The fourth-order valence-corrected chi connectivity index (χ4v) is 4.32. The Morgan fingerprint density at radius 2 is 1.74 bits per heavy atom. The molecule has 1 aromatic heterocycles. The van der Waals surface area contributed by atoms with Crippen LogP contribution in [0.25, 0.3) is 5.76 Å². The molecular formula is C23H24BrN3O4. The normalized spacial score (nSPS) is 21.6. The first-order valence-electron chi connectivity index (χ1n) is 10.3. The molecule has 2 aliphatic rings. The Labute approximate surface area is 189 Å². The SMILES string of the molecule is O=C1C(=O)N(CCCN2CCOCC2)[C@@H](c2ccc(Br)cc2)/C1=C(\O)c1ccncc1. The number of carbonyl (C=O) groups excluding carboxylic acids is 2. The van der Waals surface area contributed by atoms with Crippen LogP contribution in [-0.2, 0) is 14.3 Å². The van der Waals surface area contributed by atoms with Crippen LogP contribution in [0.15, 0.2) is 58.8 Å². The highest BCUT2D eigenvalue weighted by Gasteiger charge is 2.45. The standard InChI is InChI=1S/C23H24BrN3O4/c24-18-4-2-16(3-5-18)20-19(21(28)17-6-8-25-9-7-17)22(29)23(30)27(20)11-1-10-26-12-14-31-15-13-26/h2-9,20,28H,1,10-15H2/b21-19+/t20-/m0/s1. The second-order valence-electron chi connectivity index (χ2n) is 7.59. The van der Waals surface area contributed by atoms with Crippen molar-refractivity contribution in [3.05, 3.63) is 70.0 Å². The average Bonchev–Trinajstić information content (AvgIpc) is 3.05. The van der Waals surface area contributed by atoms with E-state index in [-0.39, 0.29) is 11.3 Å². The molecule has 0 aliphatic carbocycles. The van der Waals surface area contributed by atoms with Crippen molar-refractivity contribution < 1.29 is 19.4 Å². The second kappa shape index (κ2) is 9.72. The number of halogens is 1. The molecule has 0 unspecified atom stereocenters. The number of ether oxygens (including phenoxy) is 1. The van der Waals surface area contributed by atoms with E-state index < -0.39 is 17.7 Å². The van der Waals surface area contributed by atoms with Crippen LogP contribution >= 0.6 is 15.9 Å². The van der Waals surface area contributed by atoms with Crippen molar-refractivity contribution >= 4 is 33.4 Å². The third-order valence-electron chi connectivity index (χ3n) is 5.66. The van der Waals surface area contributed by atoms with Gasteiger partial charge in [0.15, 0.2) is 0 Å². The summed E-state index contributed by atoms with van der Waals surface area (Å²) in [5, 5.41) is 11.0. The molecule has 7 nitrogen and oxygen atoms in total. The monoisotopic (exact) mass is 485 g/mol. The van der Waals surface area contributed by atoms with Crippen molar-refractivity contribution in [1.29, 1.82) is 0 Å². The number of likely N-dealkylation sites (tertiary alicyclic amines) is 1. The maximum Gasteiger partial charge on any atom is 0.295 e. The Morgan fingerprint density at radius 3 is 2.42 bits per heavy atom. The highest BCUT2D eigenvalue weighted by atomic mass is 79.9. The Bertz CT molecular complexity index is 972. The lowest BCUT2D eigenvalue weighted by atomic mass is 9.95. The number of aromatic nitrogens is 1. The van der Waals surface area contributed by atoms with Crippen LogP contribution in [0, 0.1) is 0 Å². The van der Waals surface area contributed by atoms with Gasteiger partial charge in [-0.3, -0.25) is 19.5 Å². The molecule has 0 spiro atoms. The summed E-state index contributed by atoms with van der Waals surface area (Å²) in [6, 6.07) is 10.1. The molecule has 2 aromatic rings. The molecule has 3 heterocycles. The van der Waals surface area contributed by atoms with Crippen LogP contribution in [0.5, 0.6) is 0 Å². The van der Waals surface area contributed by atoms with Crippen LogP contribution in [0.3, 0.4) is 0 Å². The van der Waals surface area contributed by atoms with Gasteiger partial charge in [0.05, 0.1) is 24.8 Å². The third-order valence-corrected chi connectivity index (χ3v) is 6.19. The van der Waals surface area contributed by atoms with Gasteiger partial charge in [-0.1, -0.05) is 28.1 Å². The Kier molecular flexibility index (Phi) is 6.80. The number of amides is 1. The summed E-state index contributed by atoms with van der Waals surface area (Å²) in [5.74, 6) is -1.41. The van der Waals surface area contributed by atoms with Gasteiger partial charge in [0.25, 0.3) is 11.7 Å². The van der Waals surface area contributed by atoms with Crippen LogP contribution < -0.4 is 0 Å². The summed E-state index contributed by atoms with van der Waals surface area (Å²) < 4.78 is 6.28. The number of pyridine rings is 1. The molecule has 1 atom stereocenters. The lowest BCUT2D eigenvalue weighted by Gasteiger charge is -2.29. The van der Waals surface area contributed by atoms with Gasteiger partial charge in [-0.15, -0.1) is 0 Å². The fraction of sp³-hybridized carbons (Fsp3) is 0.348. The molecule has 4 rings (SSSR count). The van der Waals surface area contributed by atoms with E-state index >= 15 is 0 Å². The molecule has 0 bridgehead atoms. The van der Waals surface area contributed by atoms with Gasteiger partial charge < -0.3 is 14.7 Å². The van der Waals surface area contributed by atoms with E-state index in [1.54, 1.807) is 29.4 Å². The van der Waals surface area contributed by atoms with Gasteiger partial charge in [-0.25, -0.2) is 0 Å². The van der Waals surface area contributed by atoms with Crippen LogP contribution in [0.1, 0.15) is 23.6 Å². The average molecular weight is 486 g/mol. The number of hydrogen-bond acceptors (Lipinski definition) is 6. The maximum atomic E-state index is 13.0. The number of morpholine rings is 1. The number of aliphatic hydroxyl groups is 1. The van der Waals surface area contributed by atoms with E-state index in [9.17, 15) is 14.7 Å². The lowest BCUT2D eigenvalue weighted by Crippen LogP contribution is -2.38. The van der Waals surface area contributed by atoms with Crippen molar-refractivity contribution in [3.8, 4) is 0 Å². The summed E-state index contributed by atoms with van der Waals surface area (Å²) >= 11 is 3.43. The molecule has 31 heavy (non-hydrogen) atoms. The third kappa shape index (κ3) is 4.71. The molecule has 1 aromatic carbocycles. The van der Waals surface area contributed by atoms with Crippen LogP contribution in [-0.4, -0.2) is 71.0 Å². The number of benzene rings is 1. The van der Waals surface area contributed by atoms with Gasteiger partial charge in [-0.2, -0.15) is 0 Å². The largest absolute Gasteiger partial charge is 0.507 e. The zero-order valence-corrected chi connectivity index (χ0v) is 18.6. The summed E-state index contributed by atoms with van der Waals surface area (Å²) in [7, 11) is 0. The summed E-state index contributed by atoms with van der Waals surface area (Å²) in [4.78, 5) is 33.8. The van der Waals surface area contributed by atoms with E-state index in [1.165, 1.54) is 0 Å². The van der Waals surface area contributed by atoms with Gasteiger partial charge >= 0.3 is 0 Å². The molecular weight excluding hydrogens is 462 g/mol. The Morgan fingerprint density at radius 1 is 1.06 bits per heavy atom. The van der Waals surface area contributed by atoms with Crippen molar-refractivity contribution in [2.45, 2.75) is 12.5 Å². The fourth-order valence-electron chi connectivity index (χ4n) is 4.06. The van der Waals surface area contributed by atoms with Crippen molar-refractivity contribution in [2.75, 3.05) is 39.4 Å². The zero-order chi connectivity index (χ0) is 21.8. The minimum absolute atomic E-state index is 0.116. The molecule has 2 saturated heterocycles. The van der Waals surface area contributed by atoms with Crippen molar-refractivity contribution in [2.24, 2.45) is 0 Å². The number of rotatable bonds is 6. The Balaban J connectivity index is 1.65. The predicted molar refractivity (Wildman–Crippen MR) is 119 cm³/mol. The number of nitrogens with zero attached hydrogens (tertiary/aromatic N) is 3. The topological polar surface area (TPSA) is 83.0 Å². The van der Waals surface area contributed by atoms with Gasteiger partial charge in [-0.05, 0) is 36.2 Å². The number of carbonyl (C=O) groups is 2. The minimum Gasteiger partial charge on any atom is -0.507 e. The van der Waals surface area contributed by atoms with Crippen molar-refractivity contribution in [3.63, 3.8) is 0 Å². The highest BCUT2D eigenvalue weighted by Crippen LogP contribution is 2.39. The van der Waals surface area contributed by atoms with E-state index in [1.807, 2.05) is 24.3 Å². The number of aliphatic hydroxyl groups excluding tert-OH is 1. The minimum atomic E-state index is -0.659. The molecule has 0 radical (unpaired) electrons. The predicted octanol–water partition coefficient (Wildman–Crippen LogP) is 2.99. The zero-order valence-electron chi connectivity index (χ0n) is 17.0.